The minimum Gasteiger partial charge on any atom is -0.365 e. The van der Waals surface area contributed by atoms with Crippen molar-refractivity contribution < 1.29 is 0 Å². The predicted molar refractivity (Wildman–Crippen MR) is 93.1 cm³/mol. The molecular weight excluding hydrogens is 375 g/mol. The van der Waals surface area contributed by atoms with E-state index in [1.165, 1.54) is 24.9 Å². The van der Waals surface area contributed by atoms with Gasteiger partial charge in [0.2, 0.25) is 0 Å². The van der Waals surface area contributed by atoms with Gasteiger partial charge in [0.1, 0.15) is 12.1 Å². The van der Waals surface area contributed by atoms with Gasteiger partial charge in [0, 0.05) is 25.3 Å². The number of nitrogens with one attached hydrogen (secondary N) is 1. The normalized spacial score (nSPS) is 19.4. The molecule has 0 bridgehead atoms. The number of aromatic nitrogens is 2. The van der Waals surface area contributed by atoms with Crippen molar-refractivity contribution in [3.63, 3.8) is 0 Å². The topological polar surface area (TPSA) is 41.1 Å². The zero-order valence-electron chi connectivity index (χ0n) is 11.9. The number of nitrogens with zero attached hydrogens (tertiary/aromatic N) is 3. The standard InChI is InChI=1S/C16H19IN4/c17-15-9-18-12-19-16(15)20-14-7-4-8-21(11-14)10-13-5-2-1-3-6-13/h1-3,5-6,9,12,14H,4,7-8,10-11H2,(H,18,19,20). The van der Waals surface area contributed by atoms with Gasteiger partial charge in [-0.25, -0.2) is 9.97 Å². The Bertz CT molecular complexity index is 575. The van der Waals surface area contributed by atoms with Crippen LogP contribution in [0.3, 0.4) is 0 Å². The Labute approximate surface area is 139 Å². The van der Waals surface area contributed by atoms with Crippen LogP contribution in [-0.4, -0.2) is 34.0 Å². The van der Waals surface area contributed by atoms with E-state index in [0.717, 1.165) is 22.5 Å². The Balaban J connectivity index is 1.60. The fourth-order valence-electron chi connectivity index (χ4n) is 2.77. The van der Waals surface area contributed by atoms with Gasteiger partial charge in [-0.15, -0.1) is 0 Å². The number of likely N-dealkylation sites (tertiary alicyclic amines) is 1. The number of rotatable bonds is 4. The Morgan fingerprint density at radius 1 is 1.29 bits per heavy atom. The number of hydrogen-bond acceptors (Lipinski definition) is 4. The van der Waals surface area contributed by atoms with Gasteiger partial charge in [-0.1, -0.05) is 30.3 Å². The Morgan fingerprint density at radius 2 is 2.14 bits per heavy atom. The van der Waals surface area contributed by atoms with Crippen LogP contribution >= 0.6 is 22.6 Å². The zero-order chi connectivity index (χ0) is 14.5. The Morgan fingerprint density at radius 3 is 2.95 bits per heavy atom. The van der Waals surface area contributed by atoms with Crippen LogP contribution in [-0.2, 0) is 6.54 Å². The van der Waals surface area contributed by atoms with E-state index in [4.69, 9.17) is 0 Å². The molecule has 1 aliphatic heterocycles. The van der Waals surface area contributed by atoms with Crippen LogP contribution in [0.4, 0.5) is 5.82 Å². The number of hydrogen-bond donors (Lipinski definition) is 1. The van der Waals surface area contributed by atoms with Crippen LogP contribution < -0.4 is 5.32 Å². The Kier molecular flexibility index (Phi) is 5.03. The molecule has 1 aromatic heterocycles. The predicted octanol–water partition coefficient (Wildman–Crippen LogP) is 3.16. The summed E-state index contributed by atoms with van der Waals surface area (Å²) in [6.45, 7) is 3.27. The quantitative estimate of drug-likeness (QED) is 0.810. The third kappa shape index (κ3) is 4.14. The van der Waals surface area contributed by atoms with Gasteiger partial charge in [0.05, 0.1) is 3.57 Å². The second-order valence-corrected chi connectivity index (χ2v) is 6.59. The van der Waals surface area contributed by atoms with E-state index in [-0.39, 0.29) is 0 Å². The minimum absolute atomic E-state index is 0.464. The van der Waals surface area contributed by atoms with Gasteiger partial charge >= 0.3 is 0 Å². The van der Waals surface area contributed by atoms with Crippen molar-refractivity contribution in [2.45, 2.75) is 25.4 Å². The summed E-state index contributed by atoms with van der Waals surface area (Å²) in [7, 11) is 0. The number of benzene rings is 1. The summed E-state index contributed by atoms with van der Waals surface area (Å²) in [4.78, 5) is 10.9. The summed E-state index contributed by atoms with van der Waals surface area (Å²) in [6, 6.07) is 11.2. The largest absolute Gasteiger partial charge is 0.365 e. The summed E-state index contributed by atoms with van der Waals surface area (Å²) >= 11 is 2.28. The number of anilines is 1. The lowest BCUT2D eigenvalue weighted by atomic mass is 10.0. The minimum atomic E-state index is 0.464. The molecule has 0 saturated carbocycles. The smallest absolute Gasteiger partial charge is 0.143 e. The van der Waals surface area contributed by atoms with Gasteiger partial charge in [0.15, 0.2) is 0 Å². The van der Waals surface area contributed by atoms with E-state index >= 15 is 0 Å². The fourth-order valence-corrected chi connectivity index (χ4v) is 3.23. The van der Waals surface area contributed by atoms with E-state index in [0.29, 0.717) is 6.04 Å². The lowest BCUT2D eigenvalue weighted by Crippen LogP contribution is -2.41. The number of piperidine rings is 1. The molecule has 1 unspecified atom stereocenters. The SMILES string of the molecule is Ic1cncnc1NC1CCCN(Cc2ccccc2)C1. The molecule has 0 radical (unpaired) electrons. The monoisotopic (exact) mass is 394 g/mol. The first-order valence-corrected chi connectivity index (χ1v) is 8.37. The molecule has 1 saturated heterocycles. The highest BCUT2D eigenvalue weighted by Gasteiger charge is 2.20. The van der Waals surface area contributed by atoms with Crippen molar-refractivity contribution in [1.82, 2.24) is 14.9 Å². The van der Waals surface area contributed by atoms with Gasteiger partial charge in [-0.05, 0) is 47.5 Å². The summed E-state index contributed by atoms with van der Waals surface area (Å²) in [5, 5.41) is 3.56. The van der Waals surface area contributed by atoms with Crippen LogP contribution in [0, 0.1) is 3.57 Å². The Hall–Kier alpha value is -1.21. The highest BCUT2D eigenvalue weighted by Crippen LogP contribution is 2.19. The van der Waals surface area contributed by atoms with Crippen molar-refractivity contribution >= 4 is 28.4 Å². The molecule has 0 amide bonds. The average Bonchev–Trinajstić information content (AvgIpc) is 2.51. The molecule has 4 nitrogen and oxygen atoms in total. The van der Waals surface area contributed by atoms with Crippen molar-refractivity contribution in [2.24, 2.45) is 0 Å². The molecule has 1 aromatic carbocycles. The van der Waals surface area contributed by atoms with E-state index in [1.807, 2.05) is 6.20 Å². The van der Waals surface area contributed by atoms with E-state index < -0.39 is 0 Å². The van der Waals surface area contributed by atoms with Gasteiger partial charge < -0.3 is 5.32 Å². The molecular formula is C16H19IN4. The first kappa shape index (κ1) is 14.7. The summed E-state index contributed by atoms with van der Waals surface area (Å²) in [5.41, 5.74) is 1.38. The molecule has 110 valence electrons. The first-order chi connectivity index (χ1) is 10.3. The molecule has 1 atom stereocenters. The summed E-state index contributed by atoms with van der Waals surface area (Å²) in [6.07, 6.45) is 5.88. The van der Waals surface area contributed by atoms with Crippen LogP contribution in [0.1, 0.15) is 18.4 Å². The van der Waals surface area contributed by atoms with Gasteiger partial charge in [-0.2, -0.15) is 0 Å². The van der Waals surface area contributed by atoms with Crippen molar-refractivity contribution in [3.8, 4) is 0 Å². The molecule has 1 aliphatic rings. The van der Waals surface area contributed by atoms with Gasteiger partial charge in [0.25, 0.3) is 0 Å². The van der Waals surface area contributed by atoms with Gasteiger partial charge in [-0.3, -0.25) is 4.90 Å². The van der Waals surface area contributed by atoms with E-state index in [1.54, 1.807) is 6.33 Å². The molecule has 1 fully saturated rings. The molecule has 2 heterocycles. The third-order valence-corrected chi connectivity index (χ3v) is 4.55. The van der Waals surface area contributed by atoms with Crippen LogP contribution in [0.5, 0.6) is 0 Å². The summed E-state index contributed by atoms with van der Waals surface area (Å²) < 4.78 is 1.08. The molecule has 5 heteroatoms. The zero-order valence-corrected chi connectivity index (χ0v) is 14.0. The maximum Gasteiger partial charge on any atom is 0.143 e. The van der Waals surface area contributed by atoms with E-state index in [2.05, 4.69) is 73.1 Å². The van der Waals surface area contributed by atoms with Crippen LogP contribution in [0.15, 0.2) is 42.9 Å². The maximum atomic E-state index is 4.33. The third-order valence-electron chi connectivity index (χ3n) is 3.76. The lowest BCUT2D eigenvalue weighted by Gasteiger charge is -2.33. The van der Waals surface area contributed by atoms with E-state index in [9.17, 15) is 0 Å². The van der Waals surface area contributed by atoms with Crippen molar-refractivity contribution in [3.05, 3.63) is 52.0 Å². The first-order valence-electron chi connectivity index (χ1n) is 7.29. The highest BCUT2D eigenvalue weighted by atomic mass is 127. The maximum absolute atomic E-state index is 4.33. The van der Waals surface area contributed by atoms with Crippen molar-refractivity contribution in [2.75, 3.05) is 18.4 Å². The highest BCUT2D eigenvalue weighted by molar-refractivity contribution is 14.1. The fraction of sp³-hybridized carbons (Fsp3) is 0.375. The molecule has 21 heavy (non-hydrogen) atoms. The summed E-state index contributed by atoms with van der Waals surface area (Å²) in [5.74, 6) is 0.956. The molecule has 2 aromatic rings. The second kappa shape index (κ2) is 7.17. The molecule has 0 spiro atoms. The average molecular weight is 394 g/mol. The molecule has 0 aliphatic carbocycles. The van der Waals surface area contributed by atoms with Crippen LogP contribution in [0.25, 0.3) is 0 Å². The van der Waals surface area contributed by atoms with Crippen molar-refractivity contribution in [1.29, 1.82) is 0 Å². The molecule has 3 rings (SSSR count). The lowest BCUT2D eigenvalue weighted by molar-refractivity contribution is 0.208. The number of halogens is 1. The second-order valence-electron chi connectivity index (χ2n) is 5.42. The van der Waals surface area contributed by atoms with Crippen LogP contribution in [0.2, 0.25) is 0 Å². The molecule has 1 N–H and O–H groups in total.